The molecule has 1 aliphatic rings. The Morgan fingerprint density at radius 1 is 1.24 bits per heavy atom. The molecule has 5 N–H and O–H groups in total. The van der Waals surface area contributed by atoms with E-state index >= 15 is 0 Å². The molecular weight excluding hydrogens is 458 g/mol. The quantitative estimate of drug-likeness (QED) is 0.135. The van der Waals surface area contributed by atoms with Crippen LogP contribution in [-0.2, 0) is 14.3 Å². The number of carboxylic acids is 1. The molecule has 1 amide bonds. The third-order valence-corrected chi connectivity index (χ3v) is 5.04. The van der Waals surface area contributed by atoms with E-state index in [-0.39, 0.29) is 11.1 Å². The van der Waals surface area contributed by atoms with Gasteiger partial charge in [-0.15, -0.1) is 0 Å². The Labute approximate surface area is 192 Å². The van der Waals surface area contributed by atoms with Gasteiger partial charge in [0, 0.05) is 19.2 Å². The van der Waals surface area contributed by atoms with E-state index < -0.39 is 64.7 Å². The Morgan fingerprint density at radius 2 is 1.85 bits per heavy atom. The van der Waals surface area contributed by atoms with Crippen molar-refractivity contribution in [3.8, 4) is 17.6 Å². The smallest absolute Gasteiger partial charge is 0.335 e. The average molecular weight is 481 g/mol. The summed E-state index contributed by atoms with van der Waals surface area (Å²) in [6, 6.07) is 3.56. The number of nitro benzene ring substituents is 1. The van der Waals surface area contributed by atoms with Gasteiger partial charge >= 0.3 is 11.7 Å². The second-order valence-electron chi connectivity index (χ2n) is 7.14. The molecule has 0 aromatic heterocycles. The first-order chi connectivity index (χ1) is 16.0. The summed E-state index contributed by atoms with van der Waals surface area (Å²) in [6.07, 6.45) is -8.97. The molecule has 14 heteroatoms. The van der Waals surface area contributed by atoms with E-state index in [0.29, 0.717) is 13.1 Å². The Balaban J connectivity index is 2.51. The number of nitrogens with zero attached hydrogens (tertiary/aromatic N) is 3. The molecule has 1 aromatic rings. The number of phenols is 1. The largest absolute Gasteiger partial charge is 0.500 e. The molecule has 184 valence electrons. The van der Waals surface area contributed by atoms with Gasteiger partial charge in [-0.3, -0.25) is 14.9 Å². The highest BCUT2D eigenvalue weighted by atomic mass is 16.7. The topological polar surface area (TPSA) is 224 Å². The normalized spacial score (nSPS) is 24.7. The molecule has 2 rings (SSSR count). The molecule has 1 aromatic carbocycles. The van der Waals surface area contributed by atoms with Crippen LogP contribution in [-0.4, -0.2) is 91.0 Å². The van der Waals surface area contributed by atoms with Crippen LogP contribution in [0.3, 0.4) is 0 Å². The summed E-state index contributed by atoms with van der Waals surface area (Å²) in [5.74, 6) is -4.03. The number of carbonyl (C=O) groups excluding carboxylic acids is 1. The molecule has 0 saturated carbocycles. The van der Waals surface area contributed by atoms with Crippen LogP contribution < -0.4 is 4.74 Å². The lowest BCUT2D eigenvalue weighted by Gasteiger charge is -2.38. The highest BCUT2D eigenvalue weighted by molar-refractivity contribution is 6.01. The predicted molar refractivity (Wildman–Crippen MR) is 111 cm³/mol. The van der Waals surface area contributed by atoms with Gasteiger partial charge in [0.15, 0.2) is 11.9 Å². The van der Waals surface area contributed by atoms with Crippen LogP contribution in [0, 0.1) is 21.4 Å². The molecule has 1 aliphatic heterocycles. The fraction of sp³-hybridized carbons (Fsp3) is 0.450. The lowest BCUT2D eigenvalue weighted by atomic mass is 9.99. The fourth-order valence-corrected chi connectivity index (χ4v) is 3.19. The van der Waals surface area contributed by atoms with Crippen molar-refractivity contribution in [1.29, 1.82) is 5.26 Å². The molecule has 0 unspecified atom stereocenters. The van der Waals surface area contributed by atoms with E-state index in [1.54, 1.807) is 19.9 Å². The highest BCUT2D eigenvalue weighted by Crippen LogP contribution is 2.39. The van der Waals surface area contributed by atoms with E-state index in [4.69, 9.17) is 14.6 Å². The second-order valence-corrected chi connectivity index (χ2v) is 7.14. The third kappa shape index (κ3) is 5.41. The number of aliphatic carboxylic acids is 1. The van der Waals surface area contributed by atoms with Crippen molar-refractivity contribution in [2.75, 3.05) is 13.1 Å². The predicted octanol–water partition coefficient (Wildman–Crippen LogP) is -0.653. The molecule has 0 spiro atoms. The Bertz CT molecular complexity index is 1030. The maximum Gasteiger partial charge on any atom is 0.335 e. The summed E-state index contributed by atoms with van der Waals surface area (Å²) < 4.78 is 10.2. The van der Waals surface area contributed by atoms with Crippen LogP contribution in [0.25, 0.3) is 6.08 Å². The number of aromatic hydroxyl groups is 1. The van der Waals surface area contributed by atoms with E-state index in [1.165, 1.54) is 4.90 Å². The number of nitriles is 1. The van der Waals surface area contributed by atoms with Gasteiger partial charge in [-0.1, -0.05) is 0 Å². The summed E-state index contributed by atoms with van der Waals surface area (Å²) >= 11 is 0. The maximum absolute atomic E-state index is 12.5. The van der Waals surface area contributed by atoms with E-state index in [0.717, 1.165) is 18.2 Å². The standard InChI is InChI=1S/C20H23N3O11/c1-3-22(4-2)18(28)10(8-21)5-9-6-11(23(31)32)13(24)12(7-9)33-20-16(27)14(25)15(26)17(34-20)19(29)30/h5-7,14-17,20,24-27H,3-4H2,1-2H3,(H,29,30)/b10-5+/t14-,15-,16-,17+,20+/m0/s1. The maximum atomic E-state index is 12.5. The first-order valence-corrected chi connectivity index (χ1v) is 9.98. The Morgan fingerprint density at radius 3 is 2.35 bits per heavy atom. The fourth-order valence-electron chi connectivity index (χ4n) is 3.19. The molecule has 1 saturated heterocycles. The van der Waals surface area contributed by atoms with Crippen LogP contribution >= 0.6 is 0 Å². The molecule has 0 bridgehead atoms. The van der Waals surface area contributed by atoms with E-state index in [2.05, 4.69) is 0 Å². The van der Waals surface area contributed by atoms with Gasteiger partial charge in [0.1, 0.15) is 30.0 Å². The van der Waals surface area contributed by atoms with Crippen LogP contribution in [0.1, 0.15) is 19.4 Å². The Hall–Kier alpha value is -3.77. The van der Waals surface area contributed by atoms with Gasteiger partial charge in [-0.25, -0.2) is 4.79 Å². The zero-order valence-corrected chi connectivity index (χ0v) is 18.1. The van der Waals surface area contributed by atoms with Crippen LogP contribution in [0.2, 0.25) is 0 Å². The average Bonchev–Trinajstić information content (AvgIpc) is 2.79. The van der Waals surface area contributed by atoms with Crippen molar-refractivity contribution >= 4 is 23.6 Å². The van der Waals surface area contributed by atoms with Crippen LogP contribution in [0.15, 0.2) is 17.7 Å². The minimum atomic E-state index is -2.02. The van der Waals surface area contributed by atoms with Crippen molar-refractivity contribution < 1.29 is 49.5 Å². The molecule has 14 nitrogen and oxygen atoms in total. The molecule has 0 radical (unpaired) electrons. The van der Waals surface area contributed by atoms with Gasteiger partial charge in [-0.2, -0.15) is 5.26 Å². The third-order valence-electron chi connectivity index (χ3n) is 5.04. The number of phenolic OH excluding ortho intramolecular Hbond substituents is 1. The number of likely N-dealkylation sites (N-methyl/N-ethyl adjacent to an activating group) is 1. The second kappa shape index (κ2) is 10.9. The van der Waals surface area contributed by atoms with Gasteiger partial charge in [0.05, 0.1) is 4.92 Å². The monoisotopic (exact) mass is 481 g/mol. The van der Waals surface area contributed by atoms with Crippen molar-refractivity contribution in [2.24, 2.45) is 0 Å². The van der Waals surface area contributed by atoms with Gasteiger partial charge < -0.3 is 39.9 Å². The number of carbonyl (C=O) groups is 2. The minimum Gasteiger partial charge on any atom is -0.500 e. The minimum absolute atomic E-state index is 0.114. The number of amides is 1. The van der Waals surface area contributed by atoms with Gasteiger partial charge in [0.2, 0.25) is 12.0 Å². The molecule has 0 aliphatic carbocycles. The first-order valence-electron chi connectivity index (χ1n) is 9.98. The first kappa shape index (κ1) is 26.5. The molecular formula is C20H23N3O11. The summed E-state index contributed by atoms with van der Waals surface area (Å²) in [6.45, 7) is 3.99. The van der Waals surface area contributed by atoms with Crippen molar-refractivity contribution in [3.05, 3.63) is 33.4 Å². The molecule has 34 heavy (non-hydrogen) atoms. The molecule has 5 atom stereocenters. The van der Waals surface area contributed by atoms with Crippen molar-refractivity contribution in [1.82, 2.24) is 4.90 Å². The summed E-state index contributed by atoms with van der Waals surface area (Å²) in [4.78, 5) is 35.5. The zero-order chi connectivity index (χ0) is 25.7. The number of nitro groups is 1. The molecule has 1 fully saturated rings. The lowest BCUT2D eigenvalue weighted by Crippen LogP contribution is -2.61. The zero-order valence-electron chi connectivity index (χ0n) is 18.1. The number of carboxylic acid groups (broad SMARTS) is 1. The number of hydrogen-bond donors (Lipinski definition) is 5. The van der Waals surface area contributed by atoms with Crippen LogP contribution in [0.5, 0.6) is 11.5 Å². The van der Waals surface area contributed by atoms with Crippen molar-refractivity contribution in [3.63, 3.8) is 0 Å². The highest BCUT2D eigenvalue weighted by Gasteiger charge is 2.48. The Kier molecular flexibility index (Phi) is 8.49. The van der Waals surface area contributed by atoms with Crippen LogP contribution in [0.4, 0.5) is 5.69 Å². The van der Waals surface area contributed by atoms with Gasteiger partial charge in [0.25, 0.3) is 5.91 Å². The van der Waals surface area contributed by atoms with Crippen molar-refractivity contribution in [2.45, 2.75) is 44.6 Å². The summed E-state index contributed by atoms with van der Waals surface area (Å²) in [5, 5.41) is 70.0. The van der Waals surface area contributed by atoms with E-state index in [1.807, 2.05) is 0 Å². The lowest BCUT2D eigenvalue weighted by molar-refractivity contribution is -0.386. The van der Waals surface area contributed by atoms with E-state index in [9.17, 15) is 45.4 Å². The number of rotatable bonds is 8. The summed E-state index contributed by atoms with van der Waals surface area (Å²) in [7, 11) is 0. The SMILES string of the molecule is CCN(CC)C(=O)/C(C#N)=C/c1cc(O[C@@H]2O[C@@H](C(=O)O)[C@@H](O)[C@H](O)[C@@H]2O)c(O)c([N+](=O)[O-])c1. The number of ether oxygens (including phenoxy) is 2. The van der Waals surface area contributed by atoms with Gasteiger partial charge in [-0.05, 0) is 31.6 Å². The number of hydrogen-bond acceptors (Lipinski definition) is 11. The number of benzene rings is 1. The summed E-state index contributed by atoms with van der Waals surface area (Å²) in [5.41, 5.74) is -1.37. The number of aliphatic hydroxyl groups excluding tert-OH is 3. The number of aliphatic hydroxyl groups is 3. The molecule has 1 heterocycles.